The van der Waals surface area contributed by atoms with Crippen molar-refractivity contribution in [1.82, 2.24) is 4.90 Å². The zero-order valence-corrected chi connectivity index (χ0v) is 12.1. The Kier molecular flexibility index (Phi) is 4.60. The second-order valence-electron chi connectivity index (χ2n) is 5.36. The van der Waals surface area contributed by atoms with Crippen LogP contribution in [-0.4, -0.2) is 43.5 Å². The number of nitrogens with zero attached hydrogens (tertiary/aromatic N) is 2. The van der Waals surface area contributed by atoms with Crippen LogP contribution in [0.5, 0.6) is 0 Å². The van der Waals surface area contributed by atoms with Gasteiger partial charge in [0.1, 0.15) is 5.82 Å². The summed E-state index contributed by atoms with van der Waals surface area (Å²) in [6.45, 7) is 4.02. The van der Waals surface area contributed by atoms with Crippen LogP contribution in [0.2, 0.25) is 0 Å². The maximum Gasteiger partial charge on any atom is 0.253 e. The van der Waals surface area contributed by atoms with Gasteiger partial charge in [-0.15, -0.1) is 0 Å². The predicted molar refractivity (Wildman–Crippen MR) is 78.5 cm³/mol. The molecule has 0 bridgehead atoms. The number of carbonyl (C=O) groups excluding carboxylic acids is 1. The molecule has 1 heterocycles. The third-order valence-corrected chi connectivity index (χ3v) is 3.96. The van der Waals surface area contributed by atoms with E-state index in [-0.39, 0.29) is 17.8 Å². The molecule has 0 aromatic heterocycles. The minimum atomic E-state index is -0.327. The summed E-state index contributed by atoms with van der Waals surface area (Å²) in [5.74, 6) is -0.527. The zero-order valence-electron chi connectivity index (χ0n) is 12.1. The molecule has 1 saturated heterocycles. The van der Waals surface area contributed by atoms with Crippen molar-refractivity contribution in [2.75, 3.05) is 31.6 Å². The summed E-state index contributed by atoms with van der Waals surface area (Å²) < 4.78 is 14.2. The van der Waals surface area contributed by atoms with Crippen LogP contribution in [0.4, 0.5) is 10.1 Å². The highest BCUT2D eigenvalue weighted by molar-refractivity contribution is 5.94. The Morgan fingerprint density at radius 1 is 1.45 bits per heavy atom. The summed E-state index contributed by atoms with van der Waals surface area (Å²) in [6.07, 6.45) is 2.19. The number of halogens is 1. The average Bonchev–Trinajstić information content (AvgIpc) is 2.98. The smallest absolute Gasteiger partial charge is 0.253 e. The van der Waals surface area contributed by atoms with Crippen LogP contribution in [0.25, 0.3) is 0 Å². The monoisotopic (exact) mass is 279 g/mol. The number of nitrogens with two attached hydrogens (primary N) is 1. The second-order valence-corrected chi connectivity index (χ2v) is 5.36. The van der Waals surface area contributed by atoms with Crippen molar-refractivity contribution in [3.8, 4) is 0 Å². The third kappa shape index (κ3) is 2.93. The summed E-state index contributed by atoms with van der Waals surface area (Å²) in [4.78, 5) is 15.8. The molecule has 0 radical (unpaired) electrons. The molecule has 1 fully saturated rings. The molecule has 1 aromatic rings. The number of likely N-dealkylation sites (N-methyl/N-ethyl adjacent to an activating group) is 1. The van der Waals surface area contributed by atoms with Crippen molar-refractivity contribution in [1.29, 1.82) is 0 Å². The number of hydrogen-bond acceptors (Lipinski definition) is 3. The number of rotatable bonds is 4. The highest BCUT2D eigenvalue weighted by Gasteiger charge is 2.20. The summed E-state index contributed by atoms with van der Waals surface area (Å²) >= 11 is 0. The van der Waals surface area contributed by atoms with Crippen LogP contribution in [-0.2, 0) is 0 Å². The van der Waals surface area contributed by atoms with Gasteiger partial charge in [-0.05, 0) is 38.0 Å². The molecule has 110 valence electrons. The number of benzene rings is 1. The van der Waals surface area contributed by atoms with Gasteiger partial charge in [-0.2, -0.15) is 0 Å². The highest BCUT2D eigenvalue weighted by Crippen LogP contribution is 2.24. The van der Waals surface area contributed by atoms with Gasteiger partial charge in [-0.3, -0.25) is 4.79 Å². The first-order valence-corrected chi connectivity index (χ1v) is 7.06. The van der Waals surface area contributed by atoms with E-state index in [1.54, 1.807) is 24.1 Å². The molecule has 4 nitrogen and oxygen atoms in total. The Balaban J connectivity index is 2.18. The van der Waals surface area contributed by atoms with Crippen molar-refractivity contribution in [2.24, 2.45) is 5.73 Å². The summed E-state index contributed by atoms with van der Waals surface area (Å²) in [5, 5.41) is 0. The largest absolute Gasteiger partial charge is 0.369 e. The van der Waals surface area contributed by atoms with Gasteiger partial charge < -0.3 is 15.5 Å². The van der Waals surface area contributed by atoms with Crippen molar-refractivity contribution in [2.45, 2.75) is 25.8 Å². The molecule has 1 aliphatic heterocycles. The Hall–Kier alpha value is -1.62. The summed E-state index contributed by atoms with van der Waals surface area (Å²) in [5.41, 5.74) is 6.51. The average molecular weight is 279 g/mol. The van der Waals surface area contributed by atoms with E-state index in [1.807, 2.05) is 11.8 Å². The second kappa shape index (κ2) is 6.22. The van der Waals surface area contributed by atoms with E-state index >= 15 is 0 Å². The fourth-order valence-corrected chi connectivity index (χ4v) is 2.42. The maximum atomic E-state index is 14.2. The molecular weight excluding hydrogens is 257 g/mol. The minimum absolute atomic E-state index is 0.0659. The molecule has 1 aliphatic rings. The molecule has 20 heavy (non-hydrogen) atoms. The van der Waals surface area contributed by atoms with Gasteiger partial charge in [0.2, 0.25) is 0 Å². The lowest BCUT2D eigenvalue weighted by Gasteiger charge is -2.24. The van der Waals surface area contributed by atoms with E-state index in [2.05, 4.69) is 0 Å². The SMILES string of the molecule is C[C@H](CN)N(C)C(=O)c1ccc(N2CCCC2)c(F)c1. The van der Waals surface area contributed by atoms with E-state index in [9.17, 15) is 9.18 Å². The van der Waals surface area contributed by atoms with E-state index in [4.69, 9.17) is 5.73 Å². The molecule has 2 rings (SSSR count). The molecule has 0 unspecified atom stereocenters. The first-order chi connectivity index (χ1) is 9.54. The van der Waals surface area contributed by atoms with Crippen molar-refractivity contribution < 1.29 is 9.18 Å². The molecule has 1 aromatic carbocycles. The van der Waals surface area contributed by atoms with E-state index < -0.39 is 0 Å². The molecule has 2 N–H and O–H groups in total. The normalized spacial score (nSPS) is 16.3. The molecule has 1 amide bonds. The predicted octanol–water partition coefficient (Wildman–Crippen LogP) is 1.85. The zero-order chi connectivity index (χ0) is 14.7. The molecule has 0 spiro atoms. The van der Waals surface area contributed by atoms with Gasteiger partial charge in [0.25, 0.3) is 5.91 Å². The van der Waals surface area contributed by atoms with Crippen molar-refractivity contribution >= 4 is 11.6 Å². The standard InChI is InChI=1S/C15H22FN3O/c1-11(10-17)18(2)15(20)12-5-6-14(13(16)9-12)19-7-3-4-8-19/h5-6,9,11H,3-4,7-8,10,17H2,1-2H3/t11-/m1/s1. The van der Waals surface area contributed by atoms with Crippen LogP contribution in [0, 0.1) is 5.82 Å². The fourth-order valence-electron chi connectivity index (χ4n) is 2.42. The van der Waals surface area contributed by atoms with Crippen molar-refractivity contribution in [3.63, 3.8) is 0 Å². The van der Waals surface area contributed by atoms with E-state index in [0.717, 1.165) is 25.9 Å². The fraction of sp³-hybridized carbons (Fsp3) is 0.533. The van der Waals surface area contributed by atoms with Crippen LogP contribution in [0.15, 0.2) is 18.2 Å². The third-order valence-electron chi connectivity index (χ3n) is 3.96. The molecule has 5 heteroatoms. The summed E-state index contributed by atoms with van der Waals surface area (Å²) in [6, 6.07) is 4.66. The first-order valence-electron chi connectivity index (χ1n) is 7.06. The Labute approximate surface area is 119 Å². The van der Waals surface area contributed by atoms with E-state index in [0.29, 0.717) is 17.8 Å². The quantitative estimate of drug-likeness (QED) is 0.915. The lowest BCUT2D eigenvalue weighted by Crippen LogP contribution is -2.39. The topological polar surface area (TPSA) is 49.6 Å². The number of anilines is 1. The minimum Gasteiger partial charge on any atom is -0.369 e. The summed E-state index contributed by atoms with van der Waals surface area (Å²) in [7, 11) is 1.69. The lowest BCUT2D eigenvalue weighted by molar-refractivity contribution is 0.0748. The molecular formula is C15H22FN3O. The molecule has 0 aliphatic carbocycles. The van der Waals surface area contributed by atoms with Gasteiger partial charge >= 0.3 is 0 Å². The van der Waals surface area contributed by atoms with Gasteiger partial charge in [-0.25, -0.2) is 4.39 Å². The van der Waals surface area contributed by atoms with Gasteiger partial charge in [-0.1, -0.05) is 0 Å². The maximum absolute atomic E-state index is 14.2. The van der Waals surface area contributed by atoms with E-state index in [1.165, 1.54) is 6.07 Å². The van der Waals surface area contributed by atoms with Gasteiger partial charge in [0.15, 0.2) is 0 Å². The van der Waals surface area contributed by atoms with Crippen molar-refractivity contribution in [3.05, 3.63) is 29.6 Å². The Bertz CT molecular complexity index is 486. The number of hydrogen-bond donors (Lipinski definition) is 1. The van der Waals surface area contributed by atoms with Crippen LogP contribution in [0.3, 0.4) is 0 Å². The number of amides is 1. The number of carbonyl (C=O) groups is 1. The lowest BCUT2D eigenvalue weighted by atomic mass is 10.1. The Morgan fingerprint density at radius 2 is 2.10 bits per heavy atom. The van der Waals surface area contributed by atoms with Crippen LogP contribution >= 0.6 is 0 Å². The Morgan fingerprint density at radius 3 is 2.65 bits per heavy atom. The molecule has 0 saturated carbocycles. The van der Waals surface area contributed by atoms with Crippen LogP contribution < -0.4 is 10.6 Å². The van der Waals surface area contributed by atoms with Crippen LogP contribution in [0.1, 0.15) is 30.1 Å². The highest BCUT2D eigenvalue weighted by atomic mass is 19.1. The first kappa shape index (κ1) is 14.8. The molecule has 1 atom stereocenters. The van der Waals surface area contributed by atoms with Gasteiger partial charge in [0.05, 0.1) is 5.69 Å². The van der Waals surface area contributed by atoms with Gasteiger partial charge in [0, 0.05) is 38.3 Å².